The number of aromatic hydroxyl groups is 1. The van der Waals surface area contributed by atoms with Crippen molar-refractivity contribution in [2.45, 2.75) is 6.54 Å². The minimum absolute atomic E-state index is 0.0442. The number of carbonyl (C=O) groups excluding carboxylic acids is 1. The lowest BCUT2D eigenvalue weighted by Crippen LogP contribution is -2.03. The zero-order valence-electron chi connectivity index (χ0n) is 9.38. The van der Waals surface area contributed by atoms with Crippen molar-refractivity contribution in [3.8, 4) is 5.75 Å². The zero-order chi connectivity index (χ0) is 13.1. The summed E-state index contributed by atoms with van der Waals surface area (Å²) < 4.78 is 2.19. The molecule has 5 nitrogen and oxygen atoms in total. The van der Waals surface area contributed by atoms with Crippen molar-refractivity contribution in [3.05, 3.63) is 46.2 Å². The van der Waals surface area contributed by atoms with Gasteiger partial charge in [-0.1, -0.05) is 15.9 Å². The quantitative estimate of drug-likeness (QED) is 0.841. The van der Waals surface area contributed by atoms with Gasteiger partial charge in [-0.2, -0.15) is 5.10 Å². The Morgan fingerprint density at radius 2 is 2.22 bits per heavy atom. The number of ketones is 1. The zero-order valence-corrected chi connectivity index (χ0v) is 11.0. The van der Waals surface area contributed by atoms with Crippen LogP contribution >= 0.6 is 15.9 Å². The summed E-state index contributed by atoms with van der Waals surface area (Å²) in [5, 5.41) is 22.4. The smallest absolute Gasteiger partial charge is 0.199 e. The second-order valence-corrected chi connectivity index (χ2v) is 4.62. The maximum atomic E-state index is 12.1. The molecule has 0 atom stereocenters. The van der Waals surface area contributed by atoms with E-state index in [1.165, 1.54) is 16.9 Å². The molecule has 6 heteroatoms. The second-order valence-electron chi connectivity index (χ2n) is 3.71. The molecule has 18 heavy (non-hydrogen) atoms. The van der Waals surface area contributed by atoms with Crippen LogP contribution in [0.25, 0.3) is 0 Å². The first-order valence-corrected chi connectivity index (χ1v) is 6.07. The van der Waals surface area contributed by atoms with E-state index >= 15 is 0 Å². The highest BCUT2D eigenvalue weighted by atomic mass is 79.9. The molecule has 1 heterocycles. The number of carbonyl (C=O) groups is 1. The summed E-state index contributed by atoms with van der Waals surface area (Å²) in [6.45, 7) is 0.287. The number of aromatic nitrogens is 2. The summed E-state index contributed by atoms with van der Waals surface area (Å²) >= 11 is 3.25. The van der Waals surface area contributed by atoms with E-state index in [0.29, 0.717) is 16.6 Å². The van der Waals surface area contributed by atoms with Crippen molar-refractivity contribution in [2.75, 3.05) is 6.61 Å². The van der Waals surface area contributed by atoms with Gasteiger partial charge in [0.25, 0.3) is 0 Å². The van der Waals surface area contributed by atoms with E-state index < -0.39 is 0 Å². The van der Waals surface area contributed by atoms with Crippen molar-refractivity contribution in [3.63, 3.8) is 0 Å². The standard InChI is InChI=1S/C12H11BrN2O3/c13-9-1-2-11(17)10(5-9)12(18)8-6-14-15(7-8)3-4-16/h1-2,5-7,16-17H,3-4H2. The molecule has 0 amide bonds. The molecule has 0 aliphatic carbocycles. The first-order valence-electron chi connectivity index (χ1n) is 5.28. The molecule has 2 rings (SSSR count). The fraction of sp³-hybridized carbons (Fsp3) is 0.167. The lowest BCUT2D eigenvalue weighted by atomic mass is 10.1. The van der Waals surface area contributed by atoms with Crippen LogP contribution in [0.5, 0.6) is 5.75 Å². The summed E-state index contributed by atoms with van der Waals surface area (Å²) in [6, 6.07) is 4.66. The number of halogens is 1. The first kappa shape index (κ1) is 12.8. The number of phenolic OH excluding ortho intramolecular Hbond substituents is 1. The molecule has 0 aliphatic heterocycles. The molecule has 0 fully saturated rings. The summed E-state index contributed by atoms with van der Waals surface area (Å²) in [5.41, 5.74) is 0.588. The van der Waals surface area contributed by atoms with Gasteiger partial charge in [-0.05, 0) is 18.2 Å². The molecule has 1 aromatic carbocycles. The van der Waals surface area contributed by atoms with E-state index in [4.69, 9.17) is 5.11 Å². The molecular weight excluding hydrogens is 300 g/mol. The summed E-state index contributed by atoms with van der Waals surface area (Å²) in [4.78, 5) is 12.1. The Kier molecular flexibility index (Phi) is 3.78. The number of benzene rings is 1. The average molecular weight is 311 g/mol. The number of phenols is 1. The highest BCUT2D eigenvalue weighted by Gasteiger charge is 2.15. The molecule has 2 aromatic rings. The maximum absolute atomic E-state index is 12.1. The van der Waals surface area contributed by atoms with Gasteiger partial charge in [0.1, 0.15) is 5.75 Å². The average Bonchev–Trinajstić information content (AvgIpc) is 2.80. The van der Waals surface area contributed by atoms with E-state index in [0.717, 1.165) is 0 Å². The predicted molar refractivity (Wildman–Crippen MR) is 68.6 cm³/mol. The van der Waals surface area contributed by atoms with E-state index in [1.54, 1.807) is 18.3 Å². The molecule has 0 unspecified atom stereocenters. The highest BCUT2D eigenvalue weighted by molar-refractivity contribution is 9.10. The third kappa shape index (κ3) is 2.60. The number of nitrogens with zero attached hydrogens (tertiary/aromatic N) is 2. The van der Waals surface area contributed by atoms with Crippen LogP contribution in [0.3, 0.4) is 0 Å². The van der Waals surface area contributed by atoms with Gasteiger partial charge in [0, 0.05) is 10.7 Å². The number of aliphatic hydroxyl groups is 1. The van der Waals surface area contributed by atoms with Crippen molar-refractivity contribution in [1.29, 1.82) is 0 Å². The summed E-state index contributed by atoms with van der Waals surface area (Å²) in [7, 11) is 0. The SMILES string of the molecule is O=C(c1cnn(CCO)c1)c1cc(Br)ccc1O. The molecule has 1 aromatic heterocycles. The third-order valence-corrected chi connectivity index (χ3v) is 2.92. The van der Waals surface area contributed by atoms with Crippen molar-refractivity contribution in [1.82, 2.24) is 9.78 Å². The molecule has 0 spiro atoms. The van der Waals surface area contributed by atoms with Gasteiger partial charge in [-0.15, -0.1) is 0 Å². The molecule has 2 N–H and O–H groups in total. The van der Waals surface area contributed by atoms with Crippen LogP contribution in [-0.4, -0.2) is 32.4 Å². The number of hydrogen-bond acceptors (Lipinski definition) is 4. The summed E-state index contributed by atoms with van der Waals surface area (Å²) in [5.74, 6) is -0.379. The van der Waals surface area contributed by atoms with Gasteiger partial charge in [-0.25, -0.2) is 0 Å². The van der Waals surface area contributed by atoms with E-state index in [9.17, 15) is 9.90 Å². The van der Waals surface area contributed by atoms with Gasteiger partial charge < -0.3 is 10.2 Å². The monoisotopic (exact) mass is 310 g/mol. The normalized spacial score (nSPS) is 10.6. The molecule has 0 bridgehead atoms. The van der Waals surface area contributed by atoms with Crippen LogP contribution in [-0.2, 0) is 6.54 Å². The van der Waals surface area contributed by atoms with Crippen LogP contribution in [0.4, 0.5) is 0 Å². The third-order valence-electron chi connectivity index (χ3n) is 2.43. The Bertz CT molecular complexity index is 580. The maximum Gasteiger partial charge on any atom is 0.199 e. The molecule has 0 radical (unpaired) electrons. The van der Waals surface area contributed by atoms with Crippen LogP contribution in [0, 0.1) is 0 Å². The fourth-order valence-corrected chi connectivity index (χ4v) is 1.91. The molecule has 0 aliphatic rings. The van der Waals surface area contributed by atoms with Crippen LogP contribution < -0.4 is 0 Å². The lowest BCUT2D eigenvalue weighted by Gasteiger charge is -2.02. The van der Waals surface area contributed by atoms with E-state index in [2.05, 4.69) is 21.0 Å². The van der Waals surface area contributed by atoms with Crippen molar-refractivity contribution < 1.29 is 15.0 Å². The highest BCUT2D eigenvalue weighted by Crippen LogP contribution is 2.24. The minimum Gasteiger partial charge on any atom is -0.507 e. The number of hydrogen-bond donors (Lipinski definition) is 2. The van der Waals surface area contributed by atoms with Gasteiger partial charge in [-0.3, -0.25) is 9.48 Å². The van der Waals surface area contributed by atoms with Crippen molar-refractivity contribution in [2.24, 2.45) is 0 Å². The van der Waals surface area contributed by atoms with Crippen molar-refractivity contribution >= 4 is 21.7 Å². The Morgan fingerprint density at radius 1 is 1.44 bits per heavy atom. The van der Waals surface area contributed by atoms with Crippen LogP contribution in [0.15, 0.2) is 35.1 Å². The largest absolute Gasteiger partial charge is 0.507 e. The topological polar surface area (TPSA) is 75.4 Å². The van der Waals surface area contributed by atoms with Gasteiger partial charge in [0.2, 0.25) is 0 Å². The molecule has 0 saturated heterocycles. The number of aliphatic hydroxyl groups excluding tert-OH is 1. The Balaban J connectivity index is 2.32. The van der Waals surface area contributed by atoms with Crippen LogP contribution in [0.2, 0.25) is 0 Å². The summed E-state index contributed by atoms with van der Waals surface area (Å²) in [6.07, 6.45) is 2.96. The van der Waals surface area contributed by atoms with Gasteiger partial charge >= 0.3 is 0 Å². The predicted octanol–water partition coefficient (Wildman–Crippen LogP) is 1.57. The Morgan fingerprint density at radius 3 is 2.94 bits per heavy atom. The second kappa shape index (κ2) is 5.32. The fourth-order valence-electron chi connectivity index (χ4n) is 1.55. The lowest BCUT2D eigenvalue weighted by molar-refractivity contribution is 0.103. The molecule has 94 valence electrons. The minimum atomic E-state index is -0.307. The Hall–Kier alpha value is -1.66. The van der Waals surface area contributed by atoms with Crippen LogP contribution in [0.1, 0.15) is 15.9 Å². The van der Waals surface area contributed by atoms with Gasteiger partial charge in [0.05, 0.1) is 30.5 Å². The molecule has 0 saturated carbocycles. The van der Waals surface area contributed by atoms with E-state index in [-0.39, 0.29) is 23.7 Å². The molecular formula is C12H11BrN2O3. The van der Waals surface area contributed by atoms with Gasteiger partial charge in [0.15, 0.2) is 5.78 Å². The first-order chi connectivity index (χ1) is 8.61. The number of rotatable bonds is 4. The Labute approximate surface area is 112 Å². The van der Waals surface area contributed by atoms with E-state index in [1.807, 2.05) is 0 Å².